The van der Waals surface area contributed by atoms with E-state index in [0.29, 0.717) is 6.04 Å². The fraction of sp³-hybridized carbons (Fsp3) is 0.333. The van der Waals surface area contributed by atoms with E-state index < -0.39 is 0 Å². The molecule has 0 bridgehead atoms. The average molecular weight is 379 g/mol. The van der Waals surface area contributed by atoms with Crippen LogP contribution in [0.5, 0.6) is 0 Å². The Labute approximate surface area is 135 Å². The fourth-order valence-electron chi connectivity index (χ4n) is 2.32. The van der Waals surface area contributed by atoms with Crippen molar-refractivity contribution in [2.75, 3.05) is 5.32 Å². The molecule has 0 heterocycles. The Bertz CT molecular complexity index is 543. The maximum atomic E-state index is 3.71. The second-order valence-corrected chi connectivity index (χ2v) is 7.51. The van der Waals surface area contributed by atoms with E-state index in [4.69, 9.17) is 0 Å². The SMILES string of the molecule is CC(C)(C)CC(Nc1ccccc1I)c1ccccc1. The van der Waals surface area contributed by atoms with Crippen LogP contribution in [0, 0.1) is 8.99 Å². The first-order valence-corrected chi connectivity index (χ1v) is 8.09. The molecule has 2 heteroatoms. The zero-order chi connectivity index (χ0) is 14.6. The Morgan fingerprint density at radius 1 is 0.950 bits per heavy atom. The van der Waals surface area contributed by atoms with Crippen LogP contribution in [0.3, 0.4) is 0 Å². The molecule has 0 aliphatic carbocycles. The van der Waals surface area contributed by atoms with Crippen molar-refractivity contribution in [1.82, 2.24) is 0 Å². The van der Waals surface area contributed by atoms with Crippen molar-refractivity contribution >= 4 is 28.3 Å². The lowest BCUT2D eigenvalue weighted by molar-refractivity contribution is 0.352. The summed E-state index contributed by atoms with van der Waals surface area (Å²) >= 11 is 2.39. The predicted molar refractivity (Wildman–Crippen MR) is 96.0 cm³/mol. The number of rotatable bonds is 4. The van der Waals surface area contributed by atoms with Crippen molar-refractivity contribution in [2.24, 2.45) is 5.41 Å². The second-order valence-electron chi connectivity index (χ2n) is 6.35. The minimum atomic E-state index is 0.285. The molecular formula is C18H22IN. The van der Waals surface area contributed by atoms with Gasteiger partial charge >= 0.3 is 0 Å². The van der Waals surface area contributed by atoms with Crippen LogP contribution < -0.4 is 5.32 Å². The summed E-state index contributed by atoms with van der Waals surface area (Å²) in [5, 5.41) is 3.71. The predicted octanol–water partition coefficient (Wildman–Crippen LogP) is 5.88. The second kappa shape index (κ2) is 6.61. The minimum absolute atomic E-state index is 0.285. The van der Waals surface area contributed by atoms with Crippen LogP contribution >= 0.6 is 22.6 Å². The molecule has 0 aromatic heterocycles. The molecule has 106 valence electrons. The topological polar surface area (TPSA) is 12.0 Å². The Morgan fingerprint density at radius 2 is 1.55 bits per heavy atom. The third kappa shape index (κ3) is 4.51. The molecule has 0 fully saturated rings. The number of nitrogens with one attached hydrogen (secondary N) is 1. The molecule has 2 aromatic carbocycles. The van der Waals surface area contributed by atoms with E-state index in [1.165, 1.54) is 14.8 Å². The van der Waals surface area contributed by atoms with Crippen molar-refractivity contribution < 1.29 is 0 Å². The number of para-hydroxylation sites is 1. The minimum Gasteiger partial charge on any atom is -0.377 e. The van der Waals surface area contributed by atoms with E-state index in [2.05, 4.69) is 103 Å². The summed E-state index contributed by atoms with van der Waals surface area (Å²) in [5.74, 6) is 0. The normalized spacial score (nSPS) is 13.0. The number of benzene rings is 2. The highest BCUT2D eigenvalue weighted by molar-refractivity contribution is 14.1. The van der Waals surface area contributed by atoms with Gasteiger partial charge in [-0.15, -0.1) is 0 Å². The number of hydrogen-bond donors (Lipinski definition) is 1. The zero-order valence-corrected chi connectivity index (χ0v) is 14.5. The lowest BCUT2D eigenvalue weighted by Crippen LogP contribution is -2.19. The number of anilines is 1. The van der Waals surface area contributed by atoms with E-state index in [0.717, 1.165) is 6.42 Å². The molecule has 0 radical (unpaired) electrons. The van der Waals surface area contributed by atoms with Gasteiger partial charge in [-0.25, -0.2) is 0 Å². The van der Waals surface area contributed by atoms with Gasteiger partial charge in [0.25, 0.3) is 0 Å². The fourth-order valence-corrected chi connectivity index (χ4v) is 2.86. The maximum absolute atomic E-state index is 3.71. The van der Waals surface area contributed by atoms with Crippen molar-refractivity contribution in [3.8, 4) is 0 Å². The van der Waals surface area contributed by atoms with Crippen LogP contribution in [0.1, 0.15) is 38.8 Å². The quantitative estimate of drug-likeness (QED) is 0.654. The molecule has 1 nitrogen and oxygen atoms in total. The maximum Gasteiger partial charge on any atom is 0.0519 e. The van der Waals surface area contributed by atoms with E-state index >= 15 is 0 Å². The molecule has 0 spiro atoms. The van der Waals surface area contributed by atoms with Gasteiger partial charge in [0.2, 0.25) is 0 Å². The Kier molecular flexibility index (Phi) is 5.08. The molecule has 1 N–H and O–H groups in total. The summed E-state index contributed by atoms with van der Waals surface area (Å²) in [7, 11) is 0. The Balaban J connectivity index is 2.26. The molecule has 1 unspecified atom stereocenters. The van der Waals surface area contributed by atoms with Gasteiger partial charge in [-0.05, 0) is 52.1 Å². The van der Waals surface area contributed by atoms with Crippen LogP contribution in [0.25, 0.3) is 0 Å². The van der Waals surface area contributed by atoms with Crippen molar-refractivity contribution in [3.05, 3.63) is 63.7 Å². The first-order valence-electron chi connectivity index (χ1n) is 7.02. The van der Waals surface area contributed by atoms with Crippen LogP contribution in [0.2, 0.25) is 0 Å². The lowest BCUT2D eigenvalue weighted by atomic mass is 9.85. The van der Waals surface area contributed by atoms with E-state index in [9.17, 15) is 0 Å². The van der Waals surface area contributed by atoms with Gasteiger partial charge in [-0.3, -0.25) is 0 Å². The van der Waals surface area contributed by atoms with E-state index in [1.54, 1.807) is 0 Å². The van der Waals surface area contributed by atoms with E-state index in [-0.39, 0.29) is 5.41 Å². The molecule has 2 rings (SSSR count). The molecule has 20 heavy (non-hydrogen) atoms. The Morgan fingerprint density at radius 3 is 2.15 bits per heavy atom. The number of halogens is 1. The first kappa shape index (κ1) is 15.4. The molecule has 0 aliphatic heterocycles. The van der Waals surface area contributed by atoms with Gasteiger partial charge in [0.15, 0.2) is 0 Å². The third-order valence-corrected chi connectivity index (χ3v) is 4.16. The van der Waals surface area contributed by atoms with Gasteiger partial charge in [-0.2, -0.15) is 0 Å². The smallest absolute Gasteiger partial charge is 0.0519 e. The molecule has 0 amide bonds. The molecule has 0 saturated carbocycles. The molecular weight excluding hydrogens is 357 g/mol. The summed E-state index contributed by atoms with van der Waals surface area (Å²) in [5.41, 5.74) is 2.85. The highest BCUT2D eigenvalue weighted by Crippen LogP contribution is 2.33. The molecule has 2 aromatic rings. The van der Waals surface area contributed by atoms with Gasteiger partial charge in [0, 0.05) is 9.26 Å². The average Bonchev–Trinajstić information content (AvgIpc) is 2.40. The summed E-state index contributed by atoms with van der Waals surface area (Å²) in [6.45, 7) is 6.88. The summed E-state index contributed by atoms with van der Waals surface area (Å²) < 4.78 is 1.26. The largest absolute Gasteiger partial charge is 0.377 e. The standard InChI is InChI=1S/C18H22IN/c1-18(2,3)13-17(14-9-5-4-6-10-14)20-16-12-8-7-11-15(16)19/h4-12,17,20H,13H2,1-3H3. The van der Waals surface area contributed by atoms with Gasteiger partial charge in [0.05, 0.1) is 6.04 Å². The van der Waals surface area contributed by atoms with Crippen LogP contribution in [-0.2, 0) is 0 Å². The van der Waals surface area contributed by atoms with Crippen LogP contribution in [0.15, 0.2) is 54.6 Å². The highest BCUT2D eigenvalue weighted by atomic mass is 127. The van der Waals surface area contributed by atoms with E-state index in [1.807, 2.05) is 0 Å². The monoisotopic (exact) mass is 379 g/mol. The van der Waals surface area contributed by atoms with Crippen molar-refractivity contribution in [1.29, 1.82) is 0 Å². The van der Waals surface area contributed by atoms with Crippen LogP contribution in [-0.4, -0.2) is 0 Å². The summed E-state index contributed by atoms with van der Waals surface area (Å²) in [6.07, 6.45) is 1.10. The Hall–Kier alpha value is -1.03. The first-order chi connectivity index (χ1) is 9.46. The van der Waals surface area contributed by atoms with Crippen LogP contribution in [0.4, 0.5) is 5.69 Å². The van der Waals surface area contributed by atoms with Crippen molar-refractivity contribution in [3.63, 3.8) is 0 Å². The molecule has 1 atom stereocenters. The summed E-state index contributed by atoms with van der Waals surface area (Å²) in [4.78, 5) is 0. The van der Waals surface area contributed by atoms with Gasteiger partial charge in [-0.1, -0.05) is 63.2 Å². The number of hydrogen-bond acceptors (Lipinski definition) is 1. The highest BCUT2D eigenvalue weighted by Gasteiger charge is 2.20. The molecule has 0 saturated heterocycles. The van der Waals surface area contributed by atoms with Gasteiger partial charge in [0.1, 0.15) is 0 Å². The third-order valence-electron chi connectivity index (χ3n) is 3.22. The summed E-state index contributed by atoms with van der Waals surface area (Å²) in [6, 6.07) is 19.5. The molecule has 0 aliphatic rings. The van der Waals surface area contributed by atoms with Gasteiger partial charge < -0.3 is 5.32 Å². The van der Waals surface area contributed by atoms with Crippen molar-refractivity contribution in [2.45, 2.75) is 33.2 Å². The zero-order valence-electron chi connectivity index (χ0n) is 12.4. The lowest BCUT2D eigenvalue weighted by Gasteiger charge is -2.28.